The highest BCUT2D eigenvalue weighted by Gasteiger charge is 2.53. The van der Waals surface area contributed by atoms with Gasteiger partial charge in [0.05, 0.1) is 25.0 Å². The highest BCUT2D eigenvalue weighted by molar-refractivity contribution is 5.87. The van der Waals surface area contributed by atoms with Gasteiger partial charge in [-0.25, -0.2) is 0 Å². The Morgan fingerprint density at radius 1 is 1.05 bits per heavy atom. The quantitative estimate of drug-likeness (QED) is 0.766. The van der Waals surface area contributed by atoms with E-state index in [9.17, 15) is 14.7 Å². The van der Waals surface area contributed by atoms with Gasteiger partial charge in [0.15, 0.2) is 5.79 Å². The number of fused-ring (bicyclic) bond motifs is 2. The van der Waals surface area contributed by atoms with Crippen molar-refractivity contribution < 1.29 is 24.2 Å². The van der Waals surface area contributed by atoms with E-state index in [0.29, 0.717) is 39.1 Å². The summed E-state index contributed by atoms with van der Waals surface area (Å²) in [5, 5.41) is 9.48. The maximum atomic E-state index is 12.9. The first-order chi connectivity index (χ1) is 10.6. The average Bonchev–Trinajstić information content (AvgIpc) is 3.22. The number of carbonyl (C=O) groups is 2. The van der Waals surface area contributed by atoms with E-state index in [1.807, 2.05) is 17.1 Å². The largest absolute Gasteiger partial charge is 0.481 e. The van der Waals surface area contributed by atoms with Crippen LogP contribution < -0.4 is 0 Å². The monoisotopic (exact) mass is 307 g/mol. The minimum absolute atomic E-state index is 0.00269. The van der Waals surface area contributed by atoms with Crippen LogP contribution in [0, 0.1) is 23.7 Å². The molecule has 1 amide bonds. The van der Waals surface area contributed by atoms with Gasteiger partial charge in [0.25, 0.3) is 0 Å². The summed E-state index contributed by atoms with van der Waals surface area (Å²) in [6, 6.07) is 0. The fourth-order valence-corrected chi connectivity index (χ4v) is 4.56. The molecule has 3 fully saturated rings. The fourth-order valence-electron chi connectivity index (χ4n) is 4.56. The highest BCUT2D eigenvalue weighted by Crippen LogP contribution is 2.49. The molecule has 2 aliphatic carbocycles. The van der Waals surface area contributed by atoms with Gasteiger partial charge in [0.1, 0.15) is 0 Å². The Hall–Kier alpha value is -1.40. The summed E-state index contributed by atoms with van der Waals surface area (Å²) in [7, 11) is 0. The second kappa shape index (κ2) is 5.06. The Bertz CT molecular complexity index is 515. The third-order valence-electron chi connectivity index (χ3n) is 5.68. The third kappa shape index (κ3) is 2.08. The molecule has 4 atom stereocenters. The Morgan fingerprint density at radius 2 is 1.64 bits per heavy atom. The van der Waals surface area contributed by atoms with Crippen molar-refractivity contribution in [3.8, 4) is 0 Å². The van der Waals surface area contributed by atoms with Crippen molar-refractivity contribution in [1.29, 1.82) is 0 Å². The van der Waals surface area contributed by atoms with Gasteiger partial charge in [-0.05, 0) is 18.3 Å². The molecule has 6 nitrogen and oxygen atoms in total. The molecule has 0 aromatic heterocycles. The van der Waals surface area contributed by atoms with Crippen LogP contribution in [0.25, 0.3) is 0 Å². The van der Waals surface area contributed by atoms with Gasteiger partial charge in [-0.1, -0.05) is 12.2 Å². The van der Waals surface area contributed by atoms with Crippen LogP contribution in [-0.4, -0.2) is 54.0 Å². The maximum Gasteiger partial charge on any atom is 0.307 e. The second-order valence-electron chi connectivity index (χ2n) is 6.77. The number of rotatable bonds is 2. The number of piperidine rings is 1. The molecule has 4 rings (SSSR count). The van der Waals surface area contributed by atoms with Crippen LogP contribution in [0.4, 0.5) is 0 Å². The van der Waals surface area contributed by atoms with Gasteiger partial charge in [-0.2, -0.15) is 0 Å². The lowest BCUT2D eigenvalue weighted by Gasteiger charge is -2.39. The van der Waals surface area contributed by atoms with E-state index in [1.165, 1.54) is 0 Å². The van der Waals surface area contributed by atoms with Crippen LogP contribution in [0.1, 0.15) is 19.3 Å². The molecule has 4 unspecified atom stereocenters. The molecule has 0 radical (unpaired) electrons. The first-order valence-electron chi connectivity index (χ1n) is 8.07. The molecule has 120 valence electrons. The molecule has 1 saturated carbocycles. The molecule has 2 bridgehead atoms. The molecule has 4 aliphatic rings. The third-order valence-corrected chi connectivity index (χ3v) is 5.68. The van der Waals surface area contributed by atoms with Crippen molar-refractivity contribution in [3.63, 3.8) is 0 Å². The minimum atomic E-state index is -0.842. The summed E-state index contributed by atoms with van der Waals surface area (Å²) in [6.45, 7) is 2.41. The number of carboxylic acid groups (broad SMARTS) is 1. The summed E-state index contributed by atoms with van der Waals surface area (Å²) in [6.07, 6.45) is 6.15. The fraction of sp³-hybridized carbons (Fsp3) is 0.750. The lowest BCUT2D eigenvalue weighted by atomic mass is 9.81. The smallest absolute Gasteiger partial charge is 0.307 e. The maximum absolute atomic E-state index is 12.9. The second-order valence-corrected chi connectivity index (χ2v) is 6.77. The Labute approximate surface area is 129 Å². The molecule has 0 aromatic carbocycles. The zero-order chi connectivity index (χ0) is 15.3. The van der Waals surface area contributed by atoms with Crippen LogP contribution in [-0.2, 0) is 19.1 Å². The molecular formula is C16H21NO5. The van der Waals surface area contributed by atoms with Crippen LogP contribution >= 0.6 is 0 Å². The van der Waals surface area contributed by atoms with Crippen molar-refractivity contribution in [1.82, 2.24) is 4.90 Å². The summed E-state index contributed by atoms with van der Waals surface area (Å²) in [5.74, 6) is -2.19. The Morgan fingerprint density at radius 3 is 2.23 bits per heavy atom. The normalized spacial score (nSPS) is 38.8. The van der Waals surface area contributed by atoms with Crippen molar-refractivity contribution >= 4 is 11.9 Å². The summed E-state index contributed by atoms with van der Waals surface area (Å²) in [4.78, 5) is 26.2. The number of likely N-dealkylation sites (tertiary alicyclic amines) is 1. The first kappa shape index (κ1) is 14.2. The number of nitrogens with zero attached hydrogens (tertiary/aromatic N) is 1. The number of allylic oxidation sites excluding steroid dienone is 2. The van der Waals surface area contributed by atoms with E-state index in [-0.39, 0.29) is 17.7 Å². The van der Waals surface area contributed by atoms with Gasteiger partial charge >= 0.3 is 5.97 Å². The number of carboxylic acids is 1. The average molecular weight is 307 g/mol. The molecule has 2 aliphatic heterocycles. The van der Waals surface area contributed by atoms with E-state index in [0.717, 1.165) is 6.42 Å². The zero-order valence-electron chi connectivity index (χ0n) is 12.4. The number of hydrogen-bond acceptors (Lipinski definition) is 4. The topological polar surface area (TPSA) is 76.1 Å². The molecule has 0 aromatic rings. The minimum Gasteiger partial charge on any atom is -0.481 e. The van der Waals surface area contributed by atoms with Crippen molar-refractivity contribution in [2.24, 2.45) is 23.7 Å². The predicted molar refractivity (Wildman–Crippen MR) is 75.8 cm³/mol. The Kier molecular flexibility index (Phi) is 3.27. The number of carbonyl (C=O) groups excluding carboxylic acids is 1. The summed E-state index contributed by atoms with van der Waals surface area (Å²) >= 11 is 0. The number of amides is 1. The predicted octanol–water partition coefficient (Wildman–Crippen LogP) is 0.875. The number of ether oxygens (including phenoxy) is 2. The first-order valence-corrected chi connectivity index (χ1v) is 8.07. The van der Waals surface area contributed by atoms with E-state index in [2.05, 4.69) is 0 Å². The van der Waals surface area contributed by atoms with Gasteiger partial charge in [-0.3, -0.25) is 9.59 Å². The van der Waals surface area contributed by atoms with Crippen molar-refractivity contribution in [2.45, 2.75) is 25.0 Å². The Balaban J connectivity index is 1.46. The van der Waals surface area contributed by atoms with Gasteiger partial charge in [-0.15, -0.1) is 0 Å². The molecule has 1 N–H and O–H groups in total. The van der Waals surface area contributed by atoms with E-state index >= 15 is 0 Å². The van der Waals surface area contributed by atoms with Crippen molar-refractivity contribution in [2.75, 3.05) is 26.3 Å². The van der Waals surface area contributed by atoms with Crippen LogP contribution in [0.5, 0.6) is 0 Å². The molecule has 2 heterocycles. The van der Waals surface area contributed by atoms with Gasteiger partial charge in [0.2, 0.25) is 5.91 Å². The number of hydrogen-bond donors (Lipinski definition) is 1. The molecule has 6 heteroatoms. The number of aliphatic carboxylic acids is 1. The van der Waals surface area contributed by atoms with E-state index in [1.54, 1.807) is 0 Å². The molecule has 1 spiro atoms. The molecule has 22 heavy (non-hydrogen) atoms. The summed E-state index contributed by atoms with van der Waals surface area (Å²) < 4.78 is 11.4. The highest BCUT2D eigenvalue weighted by atomic mass is 16.7. The molecule has 2 saturated heterocycles. The SMILES string of the molecule is O=C(O)C1C2C=CC(C2)C1C(=O)N1CCC2(CC1)OCCO2. The van der Waals surface area contributed by atoms with Crippen LogP contribution in [0.3, 0.4) is 0 Å². The van der Waals surface area contributed by atoms with Crippen LogP contribution in [0.2, 0.25) is 0 Å². The zero-order valence-corrected chi connectivity index (χ0v) is 12.4. The van der Waals surface area contributed by atoms with Crippen molar-refractivity contribution in [3.05, 3.63) is 12.2 Å². The summed E-state index contributed by atoms with van der Waals surface area (Å²) in [5.41, 5.74) is 0. The lowest BCUT2D eigenvalue weighted by Crippen LogP contribution is -2.50. The van der Waals surface area contributed by atoms with Gasteiger partial charge < -0.3 is 19.5 Å². The van der Waals surface area contributed by atoms with E-state index < -0.39 is 23.6 Å². The molecular weight excluding hydrogens is 286 g/mol. The van der Waals surface area contributed by atoms with Crippen LogP contribution in [0.15, 0.2) is 12.2 Å². The van der Waals surface area contributed by atoms with Gasteiger partial charge in [0, 0.05) is 25.9 Å². The van der Waals surface area contributed by atoms with E-state index in [4.69, 9.17) is 9.47 Å². The standard InChI is InChI=1S/C16H21NO5/c18-14(12-10-1-2-11(9-10)13(12)15(19)20)17-5-3-16(4-6-17)21-7-8-22-16/h1-2,10-13H,3-9H2,(H,19,20). The lowest BCUT2D eigenvalue weighted by molar-refractivity contribution is -0.189.